The highest BCUT2D eigenvalue weighted by molar-refractivity contribution is 6.01. The summed E-state index contributed by atoms with van der Waals surface area (Å²) in [6, 6.07) is 8.01. The second kappa shape index (κ2) is 8.59. The van der Waals surface area contributed by atoms with Gasteiger partial charge in [0.05, 0.1) is 29.3 Å². The van der Waals surface area contributed by atoms with E-state index in [2.05, 4.69) is 15.2 Å². The summed E-state index contributed by atoms with van der Waals surface area (Å²) in [6.45, 7) is 4.44. The molecule has 1 aliphatic rings. The summed E-state index contributed by atoms with van der Waals surface area (Å²) in [5, 5.41) is 8.16. The minimum absolute atomic E-state index is 0.0432. The predicted octanol–water partition coefficient (Wildman–Crippen LogP) is 2.71. The van der Waals surface area contributed by atoms with E-state index in [-0.39, 0.29) is 18.0 Å². The number of hydrogen-bond acceptors (Lipinski definition) is 5. The second-order valence-electron chi connectivity index (χ2n) is 7.57. The Morgan fingerprint density at radius 3 is 2.74 bits per heavy atom. The molecule has 0 unspecified atom stereocenters. The van der Waals surface area contributed by atoms with E-state index in [1.165, 1.54) is 11.0 Å². The summed E-state index contributed by atoms with van der Waals surface area (Å²) < 4.78 is 14.5. The van der Waals surface area contributed by atoms with Crippen LogP contribution in [-0.4, -0.2) is 51.5 Å². The predicted molar refractivity (Wildman–Crippen MR) is 113 cm³/mol. The molecule has 158 valence electrons. The molecule has 8 heteroatoms. The first-order valence-corrected chi connectivity index (χ1v) is 10.00. The van der Waals surface area contributed by atoms with Gasteiger partial charge in [0.15, 0.2) is 0 Å². The van der Waals surface area contributed by atoms with Crippen LogP contribution in [0.4, 0.5) is 10.1 Å². The highest BCUT2D eigenvalue weighted by Gasteiger charge is 2.30. The number of benzene rings is 1. The minimum atomic E-state index is -0.608. The lowest BCUT2D eigenvalue weighted by Gasteiger charge is -2.34. The number of rotatable bonds is 4. The number of carbonyl (C=O) groups is 2. The maximum absolute atomic E-state index is 14.5. The van der Waals surface area contributed by atoms with Crippen molar-refractivity contribution >= 4 is 17.5 Å². The van der Waals surface area contributed by atoms with Gasteiger partial charge >= 0.3 is 0 Å². The summed E-state index contributed by atoms with van der Waals surface area (Å²) in [4.78, 5) is 32.6. The van der Waals surface area contributed by atoms with Gasteiger partial charge in [-0.15, -0.1) is 0 Å². The van der Waals surface area contributed by atoms with E-state index in [0.29, 0.717) is 25.2 Å². The standard InChI is InChI=1S/C23H22FN5O2/c1-15-12-26-27-21(16(15)2)11-17-5-6-20(24)19(10-17)23(31)28-8-9-29(22(30)14-28)18-4-3-7-25-13-18/h3-7,10,12-13H,8-9,11,14H2,1-2H3. The molecule has 0 atom stereocenters. The fraction of sp³-hybridized carbons (Fsp3) is 0.261. The van der Waals surface area contributed by atoms with Crippen molar-refractivity contribution in [2.24, 2.45) is 0 Å². The van der Waals surface area contributed by atoms with Crippen molar-refractivity contribution in [3.8, 4) is 0 Å². The van der Waals surface area contributed by atoms with E-state index in [9.17, 15) is 14.0 Å². The Hall–Kier alpha value is -3.68. The third kappa shape index (κ3) is 4.28. The molecule has 3 heterocycles. The number of carbonyl (C=O) groups excluding carboxylic acids is 2. The van der Waals surface area contributed by atoms with Gasteiger partial charge in [0.2, 0.25) is 5.91 Å². The maximum Gasteiger partial charge on any atom is 0.257 e. The molecule has 0 N–H and O–H groups in total. The van der Waals surface area contributed by atoms with Crippen molar-refractivity contribution in [1.82, 2.24) is 20.1 Å². The normalized spacial score (nSPS) is 14.1. The van der Waals surface area contributed by atoms with Gasteiger partial charge in [0.1, 0.15) is 12.4 Å². The van der Waals surface area contributed by atoms with Gasteiger partial charge in [0.25, 0.3) is 5.91 Å². The molecule has 1 aromatic carbocycles. The number of piperazine rings is 1. The lowest BCUT2D eigenvalue weighted by molar-refractivity contribution is -0.120. The Morgan fingerprint density at radius 1 is 1.16 bits per heavy atom. The third-order valence-corrected chi connectivity index (χ3v) is 5.55. The first kappa shape index (κ1) is 20.6. The van der Waals surface area contributed by atoms with Gasteiger partial charge in [-0.2, -0.15) is 10.2 Å². The average Bonchev–Trinajstić information content (AvgIpc) is 2.78. The number of halogens is 1. The molecular formula is C23H22FN5O2. The number of aromatic nitrogens is 3. The summed E-state index contributed by atoms with van der Waals surface area (Å²) in [5.74, 6) is -1.33. The summed E-state index contributed by atoms with van der Waals surface area (Å²) >= 11 is 0. The summed E-state index contributed by atoms with van der Waals surface area (Å²) in [6.07, 6.45) is 5.37. The van der Waals surface area contributed by atoms with Crippen LogP contribution >= 0.6 is 0 Å². The number of hydrogen-bond donors (Lipinski definition) is 0. The van der Waals surface area contributed by atoms with Crippen molar-refractivity contribution < 1.29 is 14.0 Å². The number of pyridine rings is 1. The molecule has 0 bridgehead atoms. The van der Waals surface area contributed by atoms with Gasteiger partial charge in [-0.3, -0.25) is 14.6 Å². The van der Waals surface area contributed by atoms with Gasteiger partial charge < -0.3 is 9.80 Å². The highest BCUT2D eigenvalue weighted by atomic mass is 19.1. The summed E-state index contributed by atoms with van der Waals surface area (Å²) in [5.41, 5.74) is 4.22. The smallest absolute Gasteiger partial charge is 0.257 e. The van der Waals surface area contributed by atoms with E-state index >= 15 is 0 Å². The number of amides is 2. The zero-order valence-corrected chi connectivity index (χ0v) is 17.4. The van der Waals surface area contributed by atoms with E-state index < -0.39 is 11.7 Å². The fourth-order valence-electron chi connectivity index (χ4n) is 3.60. The number of aryl methyl sites for hydroxylation is 1. The SMILES string of the molecule is Cc1cnnc(Cc2ccc(F)c(C(=O)N3CCN(c4cccnc4)C(=O)C3)c2)c1C. The van der Waals surface area contributed by atoms with E-state index in [0.717, 1.165) is 22.4 Å². The quantitative estimate of drug-likeness (QED) is 0.650. The second-order valence-corrected chi connectivity index (χ2v) is 7.57. The zero-order valence-electron chi connectivity index (χ0n) is 17.4. The van der Waals surface area contributed by atoms with Gasteiger partial charge in [-0.25, -0.2) is 4.39 Å². The molecule has 1 aliphatic heterocycles. The van der Waals surface area contributed by atoms with E-state index in [1.54, 1.807) is 47.8 Å². The monoisotopic (exact) mass is 419 g/mol. The third-order valence-electron chi connectivity index (χ3n) is 5.55. The van der Waals surface area contributed by atoms with Crippen molar-refractivity contribution in [2.45, 2.75) is 20.3 Å². The Labute approximate surface area is 179 Å². The minimum Gasteiger partial charge on any atom is -0.327 e. The lowest BCUT2D eigenvalue weighted by atomic mass is 10.0. The van der Waals surface area contributed by atoms with Gasteiger partial charge in [-0.1, -0.05) is 6.07 Å². The van der Waals surface area contributed by atoms with Crippen LogP contribution in [0.1, 0.15) is 32.7 Å². The van der Waals surface area contributed by atoms with Crippen LogP contribution in [0, 0.1) is 19.7 Å². The number of anilines is 1. The fourth-order valence-corrected chi connectivity index (χ4v) is 3.60. The van der Waals surface area contributed by atoms with Crippen molar-refractivity contribution in [3.63, 3.8) is 0 Å². The van der Waals surface area contributed by atoms with Crippen molar-refractivity contribution in [2.75, 3.05) is 24.5 Å². The molecule has 0 saturated carbocycles. The van der Waals surface area contributed by atoms with Crippen LogP contribution in [0.25, 0.3) is 0 Å². The highest BCUT2D eigenvalue weighted by Crippen LogP contribution is 2.20. The molecule has 0 spiro atoms. The van der Waals surface area contributed by atoms with Crippen LogP contribution < -0.4 is 4.90 Å². The van der Waals surface area contributed by atoms with Crippen LogP contribution in [0.15, 0.2) is 48.9 Å². The van der Waals surface area contributed by atoms with Gasteiger partial charge in [-0.05, 0) is 54.8 Å². The Morgan fingerprint density at radius 2 is 2.00 bits per heavy atom. The molecule has 1 saturated heterocycles. The van der Waals surface area contributed by atoms with Crippen LogP contribution in [0.5, 0.6) is 0 Å². The van der Waals surface area contributed by atoms with Crippen LogP contribution in [0.3, 0.4) is 0 Å². The first-order valence-electron chi connectivity index (χ1n) is 10.00. The summed E-state index contributed by atoms with van der Waals surface area (Å²) in [7, 11) is 0. The number of nitrogens with zero attached hydrogens (tertiary/aromatic N) is 5. The van der Waals surface area contributed by atoms with Crippen molar-refractivity contribution in [1.29, 1.82) is 0 Å². The molecule has 2 amide bonds. The maximum atomic E-state index is 14.5. The lowest BCUT2D eigenvalue weighted by Crippen LogP contribution is -2.52. The molecule has 1 fully saturated rings. The molecule has 2 aromatic heterocycles. The molecule has 7 nitrogen and oxygen atoms in total. The van der Waals surface area contributed by atoms with E-state index in [1.807, 2.05) is 13.8 Å². The average molecular weight is 419 g/mol. The molecule has 0 aliphatic carbocycles. The first-order chi connectivity index (χ1) is 14.9. The Balaban J connectivity index is 1.52. The molecule has 3 aromatic rings. The topological polar surface area (TPSA) is 79.3 Å². The van der Waals surface area contributed by atoms with Crippen LogP contribution in [0.2, 0.25) is 0 Å². The van der Waals surface area contributed by atoms with Crippen LogP contribution in [-0.2, 0) is 11.2 Å². The molecular weight excluding hydrogens is 397 g/mol. The van der Waals surface area contributed by atoms with E-state index in [4.69, 9.17) is 0 Å². The molecule has 31 heavy (non-hydrogen) atoms. The Bertz CT molecular complexity index is 1140. The Kier molecular flexibility index (Phi) is 5.70. The molecule has 4 rings (SSSR count). The zero-order chi connectivity index (χ0) is 22.0. The van der Waals surface area contributed by atoms with Crippen molar-refractivity contribution in [3.05, 3.63) is 82.7 Å². The van der Waals surface area contributed by atoms with Gasteiger partial charge in [0, 0.05) is 25.7 Å². The largest absolute Gasteiger partial charge is 0.327 e. The molecule has 0 radical (unpaired) electrons.